The van der Waals surface area contributed by atoms with Crippen LogP contribution in [0, 0.1) is 0 Å². The fourth-order valence-corrected chi connectivity index (χ4v) is 3.86. The molecule has 0 aromatic heterocycles. The van der Waals surface area contributed by atoms with E-state index in [1.807, 2.05) is 30.3 Å². The average molecular weight is 310 g/mol. The van der Waals surface area contributed by atoms with Gasteiger partial charge in [-0.3, -0.25) is 4.79 Å². The summed E-state index contributed by atoms with van der Waals surface area (Å²) in [5.41, 5.74) is 1.04. The third-order valence-corrected chi connectivity index (χ3v) is 5.09. The van der Waals surface area contributed by atoms with Gasteiger partial charge < -0.3 is 4.90 Å². The highest BCUT2D eigenvalue weighted by Crippen LogP contribution is 2.21. The molecule has 1 atom stereocenters. The van der Waals surface area contributed by atoms with Crippen molar-refractivity contribution >= 4 is 15.9 Å². The van der Waals surface area contributed by atoms with Gasteiger partial charge in [-0.25, -0.2) is 8.42 Å². The monoisotopic (exact) mass is 310 g/mol. The molecule has 1 aliphatic heterocycles. The number of carbonyl (C=O) groups excluding carboxylic acids is 1. The summed E-state index contributed by atoms with van der Waals surface area (Å²) in [6, 6.07) is 9.15. The molecule has 21 heavy (non-hydrogen) atoms. The topological polar surface area (TPSA) is 57.7 Å². The highest BCUT2D eigenvalue weighted by atomic mass is 32.2. The van der Waals surface area contributed by atoms with Gasteiger partial charge in [0.15, 0.2) is 0 Å². The van der Waals surface area contributed by atoms with Crippen molar-refractivity contribution in [2.75, 3.05) is 19.8 Å². The van der Waals surface area contributed by atoms with Crippen LogP contribution in [0.15, 0.2) is 30.3 Å². The number of sulfonamides is 1. The van der Waals surface area contributed by atoms with Gasteiger partial charge in [0.25, 0.3) is 0 Å². The molecular weight excluding hydrogens is 288 g/mol. The SMILES string of the molecule is CN(Cc1ccccc1)C(=O)[C@H]1CCCCN1S(C)(=O)=O. The van der Waals surface area contributed by atoms with Gasteiger partial charge in [0.1, 0.15) is 6.04 Å². The Morgan fingerprint density at radius 2 is 1.95 bits per heavy atom. The number of piperidine rings is 1. The van der Waals surface area contributed by atoms with Gasteiger partial charge >= 0.3 is 0 Å². The van der Waals surface area contributed by atoms with Crippen molar-refractivity contribution in [2.24, 2.45) is 0 Å². The molecule has 0 bridgehead atoms. The van der Waals surface area contributed by atoms with Crippen LogP contribution in [0.4, 0.5) is 0 Å². The maximum absolute atomic E-state index is 12.6. The lowest BCUT2D eigenvalue weighted by Crippen LogP contribution is -2.51. The Morgan fingerprint density at radius 1 is 1.29 bits per heavy atom. The van der Waals surface area contributed by atoms with Crippen LogP contribution >= 0.6 is 0 Å². The second kappa shape index (κ2) is 6.58. The lowest BCUT2D eigenvalue weighted by molar-refractivity contribution is -0.135. The third-order valence-electron chi connectivity index (χ3n) is 3.80. The minimum Gasteiger partial charge on any atom is -0.340 e. The molecule has 5 nitrogen and oxygen atoms in total. The zero-order valence-electron chi connectivity index (χ0n) is 12.5. The van der Waals surface area contributed by atoms with Crippen LogP contribution in [0.25, 0.3) is 0 Å². The molecule has 0 saturated carbocycles. The first kappa shape index (κ1) is 16.0. The second-order valence-corrected chi connectivity index (χ2v) is 7.50. The van der Waals surface area contributed by atoms with E-state index in [2.05, 4.69) is 0 Å². The van der Waals surface area contributed by atoms with Crippen LogP contribution in [-0.4, -0.2) is 49.4 Å². The van der Waals surface area contributed by atoms with Gasteiger partial charge in [0.2, 0.25) is 15.9 Å². The summed E-state index contributed by atoms with van der Waals surface area (Å²) in [6.45, 7) is 0.933. The summed E-state index contributed by atoms with van der Waals surface area (Å²) in [4.78, 5) is 14.2. The van der Waals surface area contributed by atoms with Gasteiger partial charge in [-0.15, -0.1) is 0 Å². The quantitative estimate of drug-likeness (QED) is 0.846. The van der Waals surface area contributed by atoms with Crippen LogP contribution in [0.1, 0.15) is 24.8 Å². The van der Waals surface area contributed by atoms with Crippen molar-refractivity contribution in [3.05, 3.63) is 35.9 Å². The lowest BCUT2D eigenvalue weighted by Gasteiger charge is -2.35. The highest BCUT2D eigenvalue weighted by molar-refractivity contribution is 7.88. The van der Waals surface area contributed by atoms with Crippen LogP contribution in [0.3, 0.4) is 0 Å². The zero-order valence-corrected chi connectivity index (χ0v) is 13.3. The molecule has 2 rings (SSSR count). The molecule has 1 aromatic carbocycles. The number of hydrogen-bond acceptors (Lipinski definition) is 3. The Bertz CT molecular complexity index is 586. The summed E-state index contributed by atoms with van der Waals surface area (Å²) in [6.07, 6.45) is 3.49. The normalized spacial score (nSPS) is 20.2. The van der Waals surface area contributed by atoms with Crippen LogP contribution < -0.4 is 0 Å². The van der Waals surface area contributed by atoms with Gasteiger partial charge in [-0.2, -0.15) is 4.31 Å². The summed E-state index contributed by atoms with van der Waals surface area (Å²) >= 11 is 0. The number of carbonyl (C=O) groups is 1. The van der Waals surface area contributed by atoms with E-state index in [4.69, 9.17) is 0 Å². The number of benzene rings is 1. The molecule has 1 heterocycles. The number of likely N-dealkylation sites (N-methyl/N-ethyl adjacent to an activating group) is 1. The number of hydrogen-bond donors (Lipinski definition) is 0. The summed E-state index contributed by atoms with van der Waals surface area (Å²) in [5.74, 6) is -0.121. The van der Waals surface area contributed by atoms with E-state index in [1.54, 1.807) is 11.9 Å². The highest BCUT2D eigenvalue weighted by Gasteiger charge is 2.35. The minimum absolute atomic E-state index is 0.121. The summed E-state index contributed by atoms with van der Waals surface area (Å²) in [7, 11) is -1.61. The van der Waals surface area contributed by atoms with E-state index in [1.165, 1.54) is 10.6 Å². The molecule has 6 heteroatoms. The van der Waals surface area contributed by atoms with Crippen LogP contribution in [-0.2, 0) is 21.4 Å². The first-order valence-corrected chi connectivity index (χ1v) is 9.00. The van der Waals surface area contributed by atoms with Crippen LogP contribution in [0.2, 0.25) is 0 Å². The maximum atomic E-state index is 12.6. The molecule has 1 aliphatic rings. The zero-order chi connectivity index (χ0) is 15.5. The molecule has 0 aliphatic carbocycles. The third kappa shape index (κ3) is 4.04. The van der Waals surface area contributed by atoms with Crippen molar-refractivity contribution in [1.82, 2.24) is 9.21 Å². The standard InChI is InChI=1S/C15H22N2O3S/c1-16(12-13-8-4-3-5-9-13)15(18)14-10-6-7-11-17(14)21(2,19)20/h3-5,8-9,14H,6-7,10-12H2,1-2H3/t14-/m1/s1. The van der Waals surface area contributed by atoms with E-state index < -0.39 is 16.1 Å². The number of nitrogens with zero attached hydrogens (tertiary/aromatic N) is 2. The van der Waals surface area contributed by atoms with Crippen molar-refractivity contribution in [1.29, 1.82) is 0 Å². The molecule has 0 N–H and O–H groups in total. The summed E-state index contributed by atoms with van der Waals surface area (Å²) in [5, 5.41) is 0. The van der Waals surface area contributed by atoms with Gasteiger partial charge in [-0.1, -0.05) is 36.8 Å². The van der Waals surface area contributed by atoms with Crippen molar-refractivity contribution in [3.63, 3.8) is 0 Å². The molecule has 0 unspecified atom stereocenters. The molecular formula is C15H22N2O3S. The molecule has 0 spiro atoms. The predicted molar refractivity (Wildman–Crippen MR) is 82.1 cm³/mol. The average Bonchev–Trinajstić information content (AvgIpc) is 2.46. The van der Waals surface area contributed by atoms with E-state index in [0.717, 1.165) is 18.4 Å². The molecule has 116 valence electrons. The number of amides is 1. The van der Waals surface area contributed by atoms with E-state index in [9.17, 15) is 13.2 Å². The van der Waals surface area contributed by atoms with Crippen molar-refractivity contribution in [3.8, 4) is 0 Å². The molecule has 1 saturated heterocycles. The van der Waals surface area contributed by atoms with Gasteiger partial charge in [-0.05, 0) is 18.4 Å². The first-order valence-electron chi connectivity index (χ1n) is 7.15. The second-order valence-electron chi connectivity index (χ2n) is 5.57. The Labute approximate surface area is 126 Å². The van der Waals surface area contributed by atoms with Gasteiger partial charge in [0.05, 0.1) is 6.26 Å². The Kier molecular flexibility index (Phi) is 5.00. The first-order chi connectivity index (χ1) is 9.89. The lowest BCUT2D eigenvalue weighted by atomic mass is 10.0. The fraction of sp³-hybridized carbons (Fsp3) is 0.533. The fourth-order valence-electron chi connectivity index (χ4n) is 2.74. The minimum atomic E-state index is -3.34. The Morgan fingerprint density at radius 3 is 2.57 bits per heavy atom. The Balaban J connectivity index is 2.10. The number of rotatable bonds is 4. The summed E-state index contributed by atoms with van der Waals surface area (Å²) < 4.78 is 25.0. The van der Waals surface area contributed by atoms with E-state index in [0.29, 0.717) is 19.5 Å². The van der Waals surface area contributed by atoms with Crippen molar-refractivity contribution in [2.45, 2.75) is 31.8 Å². The molecule has 1 amide bonds. The van der Waals surface area contributed by atoms with E-state index in [-0.39, 0.29) is 5.91 Å². The smallest absolute Gasteiger partial charge is 0.241 e. The molecule has 1 aromatic rings. The molecule has 1 fully saturated rings. The van der Waals surface area contributed by atoms with Crippen molar-refractivity contribution < 1.29 is 13.2 Å². The maximum Gasteiger partial charge on any atom is 0.241 e. The Hall–Kier alpha value is -1.40. The largest absolute Gasteiger partial charge is 0.340 e. The van der Waals surface area contributed by atoms with Gasteiger partial charge in [0, 0.05) is 20.1 Å². The van der Waals surface area contributed by atoms with Crippen LogP contribution in [0.5, 0.6) is 0 Å². The molecule has 0 radical (unpaired) electrons. The predicted octanol–water partition coefficient (Wildman–Crippen LogP) is 1.46. The van der Waals surface area contributed by atoms with E-state index >= 15 is 0 Å².